The van der Waals surface area contributed by atoms with E-state index in [0.29, 0.717) is 32.3 Å². The Balaban J connectivity index is 1.99. The molecule has 1 amide bonds. The van der Waals surface area contributed by atoms with Crippen molar-refractivity contribution in [3.05, 3.63) is 61.4 Å². The van der Waals surface area contributed by atoms with Crippen LogP contribution in [0.3, 0.4) is 0 Å². The van der Waals surface area contributed by atoms with Crippen molar-refractivity contribution in [1.82, 2.24) is 4.90 Å². The minimum absolute atomic E-state index is 0.0340. The summed E-state index contributed by atoms with van der Waals surface area (Å²) in [5.74, 6) is -1.23. The van der Waals surface area contributed by atoms with Crippen molar-refractivity contribution in [2.45, 2.75) is 6.92 Å². The second-order valence-electron chi connectivity index (χ2n) is 5.74. The lowest BCUT2D eigenvalue weighted by Gasteiger charge is -2.12. The van der Waals surface area contributed by atoms with Crippen molar-refractivity contribution >= 4 is 72.4 Å². The molecule has 144 valence electrons. The Bertz CT molecular complexity index is 1040. The minimum atomic E-state index is -1.04. The maximum atomic E-state index is 12.8. The molecule has 1 aliphatic heterocycles. The molecule has 2 aromatic carbocycles. The summed E-state index contributed by atoms with van der Waals surface area (Å²) in [6.07, 6.45) is 1.61. The summed E-state index contributed by atoms with van der Waals surface area (Å²) in [7, 11) is 0. The van der Waals surface area contributed by atoms with Crippen molar-refractivity contribution in [1.29, 1.82) is 0 Å². The van der Waals surface area contributed by atoms with E-state index in [1.54, 1.807) is 30.3 Å². The number of aromatic carboxylic acids is 1. The second kappa shape index (κ2) is 8.50. The number of nitrogens with zero attached hydrogens (tertiary/aromatic N) is 2. The summed E-state index contributed by atoms with van der Waals surface area (Å²) in [4.78, 5) is 30.3. The van der Waals surface area contributed by atoms with E-state index in [4.69, 9.17) is 5.11 Å². The van der Waals surface area contributed by atoms with E-state index in [-0.39, 0.29) is 17.2 Å². The number of hydrogen-bond donors (Lipinski definition) is 2. The van der Waals surface area contributed by atoms with Crippen LogP contribution in [0.4, 0.5) is 5.69 Å². The Morgan fingerprint density at radius 1 is 1.29 bits per heavy atom. The van der Waals surface area contributed by atoms with Crippen molar-refractivity contribution in [2.24, 2.45) is 4.99 Å². The number of carbonyl (C=O) groups excluding carboxylic acids is 1. The topological polar surface area (TPSA) is 90.2 Å². The van der Waals surface area contributed by atoms with Crippen LogP contribution in [0.15, 0.2) is 55.2 Å². The summed E-state index contributed by atoms with van der Waals surface area (Å²) in [6.45, 7) is 2.24. The molecule has 1 aliphatic rings. The van der Waals surface area contributed by atoms with Crippen LogP contribution in [0.2, 0.25) is 0 Å². The molecule has 0 atom stereocenters. The lowest BCUT2D eigenvalue weighted by molar-refractivity contribution is -0.122. The molecule has 6 nitrogen and oxygen atoms in total. The van der Waals surface area contributed by atoms with Crippen LogP contribution in [0.25, 0.3) is 6.08 Å². The van der Waals surface area contributed by atoms with Crippen molar-refractivity contribution in [3.63, 3.8) is 0 Å². The third-order valence-electron chi connectivity index (χ3n) is 3.87. The molecule has 2 N–H and O–H groups in total. The van der Waals surface area contributed by atoms with Crippen LogP contribution in [0.1, 0.15) is 22.8 Å². The van der Waals surface area contributed by atoms with Gasteiger partial charge in [0.1, 0.15) is 5.75 Å². The Hall–Kier alpha value is -2.10. The normalized spacial score (nSPS) is 17.0. The standard InChI is InChI=1S/C19H14Br2N2O4S/c1-2-23-17(25)15(8-11-6-12(20)9-14(21)16(11)24)28-19(23)22-13-5-3-4-10(7-13)18(26)27/h3-9,24H,2H2,1H3,(H,26,27). The molecule has 0 radical (unpaired) electrons. The molecule has 9 heteroatoms. The predicted molar refractivity (Wildman–Crippen MR) is 117 cm³/mol. The number of benzene rings is 2. The number of amides is 1. The van der Waals surface area contributed by atoms with Crippen LogP contribution in [-0.2, 0) is 4.79 Å². The van der Waals surface area contributed by atoms with Gasteiger partial charge >= 0.3 is 5.97 Å². The van der Waals surface area contributed by atoms with E-state index in [1.165, 1.54) is 28.8 Å². The zero-order valence-electron chi connectivity index (χ0n) is 14.5. The highest BCUT2D eigenvalue weighted by Gasteiger charge is 2.32. The average Bonchev–Trinajstić information content (AvgIpc) is 2.93. The molecule has 0 aliphatic carbocycles. The average molecular weight is 526 g/mol. The monoisotopic (exact) mass is 524 g/mol. The minimum Gasteiger partial charge on any atom is -0.506 e. The number of carboxylic acid groups (broad SMARTS) is 1. The fourth-order valence-corrected chi connectivity index (χ4v) is 4.84. The van der Waals surface area contributed by atoms with Gasteiger partial charge in [0.05, 0.1) is 20.6 Å². The van der Waals surface area contributed by atoms with Gasteiger partial charge in [0.25, 0.3) is 5.91 Å². The third kappa shape index (κ3) is 4.31. The number of amidine groups is 1. The number of likely N-dealkylation sites (N-methyl/N-ethyl adjacent to an activating group) is 1. The summed E-state index contributed by atoms with van der Waals surface area (Å²) >= 11 is 7.82. The van der Waals surface area contributed by atoms with Crippen LogP contribution >= 0.6 is 43.6 Å². The highest BCUT2D eigenvalue weighted by molar-refractivity contribution is 9.11. The van der Waals surface area contributed by atoms with Crippen molar-refractivity contribution in [2.75, 3.05) is 6.54 Å². The van der Waals surface area contributed by atoms with E-state index < -0.39 is 5.97 Å². The van der Waals surface area contributed by atoms with Crippen LogP contribution < -0.4 is 0 Å². The molecule has 0 unspecified atom stereocenters. The fraction of sp³-hybridized carbons (Fsp3) is 0.105. The highest BCUT2D eigenvalue weighted by atomic mass is 79.9. The first-order valence-electron chi connectivity index (χ1n) is 8.11. The van der Waals surface area contributed by atoms with Crippen LogP contribution in [-0.4, -0.2) is 38.7 Å². The SMILES string of the molecule is CCN1C(=O)C(=Cc2cc(Br)cc(Br)c2O)SC1=Nc1cccc(C(=O)O)c1. The lowest BCUT2D eigenvalue weighted by atomic mass is 10.2. The van der Waals surface area contributed by atoms with E-state index >= 15 is 0 Å². The molecular formula is C19H14Br2N2O4S. The molecule has 1 heterocycles. The first-order chi connectivity index (χ1) is 13.3. The molecule has 0 bridgehead atoms. The molecule has 3 rings (SSSR count). The molecule has 0 saturated carbocycles. The maximum Gasteiger partial charge on any atom is 0.335 e. The number of halogens is 2. The van der Waals surface area contributed by atoms with Crippen molar-refractivity contribution in [3.8, 4) is 5.75 Å². The van der Waals surface area contributed by atoms with Gasteiger partial charge in [-0.05, 0) is 71.0 Å². The second-order valence-corrected chi connectivity index (χ2v) is 8.51. The van der Waals surface area contributed by atoms with Gasteiger partial charge in [0, 0.05) is 16.6 Å². The number of phenolic OH excluding ortho intramolecular Hbond substituents is 1. The maximum absolute atomic E-state index is 12.8. The smallest absolute Gasteiger partial charge is 0.335 e. The first kappa shape index (κ1) is 20.6. The van der Waals surface area contributed by atoms with Crippen LogP contribution in [0.5, 0.6) is 5.75 Å². The number of aliphatic imine (C=N–C) groups is 1. The van der Waals surface area contributed by atoms with Gasteiger partial charge in [-0.25, -0.2) is 9.79 Å². The fourth-order valence-electron chi connectivity index (χ4n) is 2.53. The highest BCUT2D eigenvalue weighted by Crippen LogP contribution is 2.38. The zero-order chi connectivity index (χ0) is 20.4. The number of phenols is 1. The van der Waals surface area contributed by atoms with Crippen LogP contribution in [0, 0.1) is 0 Å². The first-order valence-corrected chi connectivity index (χ1v) is 10.5. The van der Waals surface area contributed by atoms with Gasteiger partial charge in [-0.1, -0.05) is 22.0 Å². The largest absolute Gasteiger partial charge is 0.506 e. The predicted octanol–water partition coefficient (Wildman–Crippen LogP) is 5.24. The number of hydrogen-bond acceptors (Lipinski definition) is 5. The quantitative estimate of drug-likeness (QED) is 0.533. The molecule has 28 heavy (non-hydrogen) atoms. The number of carboxylic acids is 1. The van der Waals surface area contributed by atoms with E-state index in [0.717, 1.165) is 4.47 Å². The van der Waals surface area contributed by atoms with Crippen molar-refractivity contribution < 1.29 is 19.8 Å². The Morgan fingerprint density at radius 3 is 2.71 bits per heavy atom. The zero-order valence-corrected chi connectivity index (χ0v) is 18.5. The lowest BCUT2D eigenvalue weighted by Crippen LogP contribution is -2.28. The summed E-state index contributed by atoms with van der Waals surface area (Å²) in [5, 5.41) is 19.8. The number of thioether (sulfide) groups is 1. The van der Waals surface area contributed by atoms with E-state index in [2.05, 4.69) is 36.9 Å². The van der Waals surface area contributed by atoms with Gasteiger partial charge in [0.15, 0.2) is 5.17 Å². The summed E-state index contributed by atoms with van der Waals surface area (Å²) in [5.41, 5.74) is 1.06. The Morgan fingerprint density at radius 2 is 2.04 bits per heavy atom. The molecule has 1 fully saturated rings. The van der Waals surface area contributed by atoms with E-state index in [1.807, 2.05) is 6.92 Å². The Labute approximate surface area is 182 Å². The molecule has 0 aromatic heterocycles. The van der Waals surface area contributed by atoms with Gasteiger partial charge in [-0.2, -0.15) is 0 Å². The summed E-state index contributed by atoms with van der Waals surface area (Å²) in [6, 6.07) is 9.64. The Kier molecular flexibility index (Phi) is 6.26. The van der Waals surface area contributed by atoms with Gasteiger partial charge in [0.2, 0.25) is 0 Å². The number of aromatic hydroxyl groups is 1. The van der Waals surface area contributed by atoms with Gasteiger partial charge in [-0.15, -0.1) is 0 Å². The molecule has 2 aromatic rings. The van der Waals surface area contributed by atoms with Gasteiger partial charge < -0.3 is 10.2 Å². The van der Waals surface area contributed by atoms with E-state index in [9.17, 15) is 14.7 Å². The third-order valence-corrected chi connectivity index (χ3v) is 5.94. The molecule has 0 spiro atoms. The number of carbonyl (C=O) groups is 2. The summed E-state index contributed by atoms with van der Waals surface area (Å²) < 4.78 is 1.27. The molecular weight excluding hydrogens is 512 g/mol. The molecule has 1 saturated heterocycles. The van der Waals surface area contributed by atoms with Gasteiger partial charge in [-0.3, -0.25) is 9.69 Å². The number of rotatable bonds is 4.